The molecular formula is C11H16N. The first kappa shape index (κ1) is 9.27. The lowest BCUT2D eigenvalue weighted by Gasteiger charge is -2.02. The van der Waals surface area contributed by atoms with Crippen LogP contribution in [-0.2, 0) is 6.54 Å². The monoisotopic (exact) mass is 162 g/mol. The predicted molar refractivity (Wildman–Crippen MR) is 51.9 cm³/mol. The molecule has 1 heteroatoms. The summed E-state index contributed by atoms with van der Waals surface area (Å²) in [5.41, 5.74) is 1.31. The minimum atomic E-state index is 0.970. The van der Waals surface area contributed by atoms with Crippen LogP contribution in [0.5, 0.6) is 0 Å². The highest BCUT2D eigenvalue weighted by Gasteiger charge is 1.88. The fourth-order valence-corrected chi connectivity index (χ4v) is 1.07. The molecule has 0 aliphatic rings. The molecule has 1 radical (unpaired) electrons. The Morgan fingerprint density at radius 1 is 1.50 bits per heavy atom. The summed E-state index contributed by atoms with van der Waals surface area (Å²) >= 11 is 0. The van der Waals surface area contributed by atoms with Gasteiger partial charge in [-0.2, -0.15) is 0 Å². The van der Waals surface area contributed by atoms with Gasteiger partial charge in [-0.3, -0.25) is 0 Å². The molecule has 0 bridgehead atoms. The zero-order valence-electron chi connectivity index (χ0n) is 7.64. The van der Waals surface area contributed by atoms with E-state index >= 15 is 0 Å². The van der Waals surface area contributed by atoms with Gasteiger partial charge in [-0.1, -0.05) is 31.5 Å². The van der Waals surface area contributed by atoms with Gasteiger partial charge in [0.15, 0.2) is 0 Å². The summed E-state index contributed by atoms with van der Waals surface area (Å²) < 4.78 is 0. The summed E-state index contributed by atoms with van der Waals surface area (Å²) in [7, 11) is 0. The summed E-state index contributed by atoms with van der Waals surface area (Å²) in [6, 6.07) is 11.2. The molecule has 0 aliphatic carbocycles. The van der Waals surface area contributed by atoms with Crippen LogP contribution in [0.1, 0.15) is 25.3 Å². The topological polar surface area (TPSA) is 12.0 Å². The van der Waals surface area contributed by atoms with Crippen LogP contribution < -0.4 is 5.32 Å². The first-order valence-corrected chi connectivity index (χ1v) is 4.59. The second-order valence-corrected chi connectivity index (χ2v) is 2.94. The fourth-order valence-electron chi connectivity index (χ4n) is 1.07. The Morgan fingerprint density at radius 2 is 2.42 bits per heavy atom. The van der Waals surface area contributed by atoms with Crippen molar-refractivity contribution in [1.82, 2.24) is 5.32 Å². The van der Waals surface area contributed by atoms with Gasteiger partial charge in [-0.05, 0) is 30.7 Å². The first-order valence-electron chi connectivity index (χ1n) is 4.59. The summed E-state index contributed by atoms with van der Waals surface area (Å²) in [5, 5.41) is 3.38. The summed E-state index contributed by atoms with van der Waals surface area (Å²) in [6.07, 6.45) is 2.52. The molecule has 0 aromatic heterocycles. The van der Waals surface area contributed by atoms with Gasteiger partial charge in [-0.15, -0.1) is 0 Å². The Labute approximate surface area is 74.8 Å². The molecule has 0 atom stereocenters. The molecule has 0 amide bonds. The van der Waals surface area contributed by atoms with Crippen LogP contribution in [0, 0.1) is 6.07 Å². The van der Waals surface area contributed by atoms with E-state index in [9.17, 15) is 0 Å². The van der Waals surface area contributed by atoms with Gasteiger partial charge in [0.25, 0.3) is 0 Å². The Balaban J connectivity index is 2.16. The molecular weight excluding hydrogens is 146 g/mol. The number of rotatable bonds is 5. The van der Waals surface area contributed by atoms with Crippen LogP contribution in [0.4, 0.5) is 0 Å². The van der Waals surface area contributed by atoms with Crippen LogP contribution >= 0.6 is 0 Å². The molecule has 1 rings (SSSR count). The van der Waals surface area contributed by atoms with Crippen molar-refractivity contribution in [2.75, 3.05) is 6.54 Å². The van der Waals surface area contributed by atoms with Crippen molar-refractivity contribution in [1.29, 1.82) is 0 Å². The molecule has 1 aromatic rings. The Bertz CT molecular complexity index is 193. The number of benzene rings is 1. The third-order valence-corrected chi connectivity index (χ3v) is 1.81. The fraction of sp³-hybridized carbons (Fsp3) is 0.455. The molecule has 1 N–H and O–H groups in total. The van der Waals surface area contributed by atoms with Gasteiger partial charge in [0, 0.05) is 6.54 Å². The highest BCUT2D eigenvalue weighted by Crippen LogP contribution is 1.96. The van der Waals surface area contributed by atoms with E-state index in [1.165, 1.54) is 18.4 Å². The van der Waals surface area contributed by atoms with Crippen molar-refractivity contribution < 1.29 is 0 Å². The lowest BCUT2D eigenvalue weighted by molar-refractivity contribution is 0.641. The molecule has 12 heavy (non-hydrogen) atoms. The van der Waals surface area contributed by atoms with E-state index in [0.29, 0.717) is 0 Å². The number of nitrogens with one attached hydrogen (secondary N) is 1. The molecule has 0 saturated heterocycles. The predicted octanol–water partition coefficient (Wildman–Crippen LogP) is 2.38. The molecule has 0 unspecified atom stereocenters. The van der Waals surface area contributed by atoms with Gasteiger partial charge in [-0.25, -0.2) is 0 Å². The van der Waals surface area contributed by atoms with Gasteiger partial charge < -0.3 is 5.32 Å². The van der Waals surface area contributed by atoms with Crippen molar-refractivity contribution in [3.63, 3.8) is 0 Å². The molecule has 1 aromatic carbocycles. The first-order chi connectivity index (χ1) is 5.93. The van der Waals surface area contributed by atoms with Gasteiger partial charge >= 0.3 is 0 Å². The Hall–Kier alpha value is -0.820. The highest BCUT2D eigenvalue weighted by atomic mass is 14.8. The molecule has 1 nitrogen and oxygen atoms in total. The molecule has 0 spiro atoms. The Morgan fingerprint density at radius 3 is 3.08 bits per heavy atom. The van der Waals surface area contributed by atoms with Crippen LogP contribution in [0.2, 0.25) is 0 Å². The Kier molecular flexibility index (Phi) is 4.47. The quantitative estimate of drug-likeness (QED) is 0.655. The maximum atomic E-state index is 3.38. The normalized spacial score (nSPS) is 10.1. The lowest BCUT2D eigenvalue weighted by Crippen LogP contribution is -2.14. The zero-order chi connectivity index (χ0) is 8.65. The summed E-state index contributed by atoms with van der Waals surface area (Å²) in [6.45, 7) is 4.29. The summed E-state index contributed by atoms with van der Waals surface area (Å²) in [4.78, 5) is 0. The largest absolute Gasteiger partial charge is 0.313 e. The number of hydrogen-bond acceptors (Lipinski definition) is 1. The third-order valence-electron chi connectivity index (χ3n) is 1.81. The van der Waals surface area contributed by atoms with E-state index in [0.717, 1.165) is 13.1 Å². The van der Waals surface area contributed by atoms with Crippen molar-refractivity contribution >= 4 is 0 Å². The van der Waals surface area contributed by atoms with Crippen molar-refractivity contribution in [2.45, 2.75) is 26.3 Å². The molecule has 0 heterocycles. The van der Waals surface area contributed by atoms with Gasteiger partial charge in [0.05, 0.1) is 0 Å². The van der Waals surface area contributed by atoms with E-state index in [2.05, 4.69) is 24.4 Å². The maximum Gasteiger partial charge on any atom is 0.0205 e. The smallest absolute Gasteiger partial charge is 0.0205 e. The van der Waals surface area contributed by atoms with E-state index in [1.807, 2.05) is 18.2 Å². The van der Waals surface area contributed by atoms with E-state index in [-0.39, 0.29) is 0 Å². The minimum absolute atomic E-state index is 0.970. The van der Waals surface area contributed by atoms with E-state index in [4.69, 9.17) is 0 Å². The third kappa shape index (κ3) is 3.54. The average Bonchev–Trinajstić information content (AvgIpc) is 2.14. The lowest BCUT2D eigenvalue weighted by atomic mass is 10.2. The van der Waals surface area contributed by atoms with Crippen molar-refractivity contribution in [3.8, 4) is 0 Å². The molecule has 0 saturated carbocycles. The van der Waals surface area contributed by atoms with Crippen LogP contribution in [0.15, 0.2) is 24.3 Å². The highest BCUT2D eigenvalue weighted by molar-refractivity contribution is 5.13. The number of unbranched alkanes of at least 4 members (excludes halogenated alkanes) is 1. The maximum absolute atomic E-state index is 3.38. The van der Waals surface area contributed by atoms with E-state index in [1.54, 1.807) is 0 Å². The van der Waals surface area contributed by atoms with E-state index < -0.39 is 0 Å². The SMILES string of the molecule is CCCCNCc1c[c]ccc1. The second kappa shape index (κ2) is 5.78. The van der Waals surface area contributed by atoms with Crippen molar-refractivity contribution in [3.05, 3.63) is 35.9 Å². The van der Waals surface area contributed by atoms with Crippen LogP contribution in [0.3, 0.4) is 0 Å². The minimum Gasteiger partial charge on any atom is -0.313 e. The standard InChI is InChI=1S/C11H16N/c1-2-3-9-12-10-11-7-5-4-6-8-11/h4-5,7-8,12H,2-3,9-10H2,1H3. The molecule has 0 fully saturated rings. The van der Waals surface area contributed by atoms with Crippen LogP contribution in [0.25, 0.3) is 0 Å². The van der Waals surface area contributed by atoms with Gasteiger partial charge in [0.2, 0.25) is 0 Å². The molecule has 65 valence electrons. The summed E-state index contributed by atoms with van der Waals surface area (Å²) in [5.74, 6) is 0. The van der Waals surface area contributed by atoms with Crippen molar-refractivity contribution in [2.24, 2.45) is 0 Å². The average molecular weight is 162 g/mol. The number of hydrogen-bond donors (Lipinski definition) is 1. The zero-order valence-corrected chi connectivity index (χ0v) is 7.64. The molecule has 0 aliphatic heterocycles. The second-order valence-electron chi connectivity index (χ2n) is 2.94. The van der Waals surface area contributed by atoms with Gasteiger partial charge in [0.1, 0.15) is 0 Å². The van der Waals surface area contributed by atoms with Crippen LogP contribution in [-0.4, -0.2) is 6.54 Å².